The third-order valence-electron chi connectivity index (χ3n) is 6.77. The van der Waals surface area contributed by atoms with E-state index >= 15 is 0 Å². The number of aryl methyl sites for hydroxylation is 1. The van der Waals surface area contributed by atoms with Crippen LogP contribution < -0.4 is 15.0 Å². The van der Waals surface area contributed by atoms with Crippen molar-refractivity contribution in [2.45, 2.75) is 26.4 Å². The van der Waals surface area contributed by atoms with Gasteiger partial charge in [0.1, 0.15) is 12.4 Å². The van der Waals surface area contributed by atoms with Crippen LogP contribution in [0.2, 0.25) is 0 Å². The second-order valence-corrected chi connectivity index (χ2v) is 9.76. The number of pyridine rings is 1. The highest BCUT2D eigenvalue weighted by atomic mass is 19.1. The van der Waals surface area contributed by atoms with Crippen LogP contribution in [0, 0.1) is 5.82 Å². The molecule has 0 amide bonds. The Kier molecular flexibility index (Phi) is 6.62. The average molecular weight is 480 g/mol. The van der Waals surface area contributed by atoms with Gasteiger partial charge in [0.15, 0.2) is 11.6 Å². The van der Waals surface area contributed by atoms with Crippen LogP contribution in [0.25, 0.3) is 11.3 Å². The lowest BCUT2D eigenvalue weighted by Gasteiger charge is -2.34. The maximum absolute atomic E-state index is 14.9. The second-order valence-electron chi connectivity index (χ2n) is 9.76. The number of halogens is 1. The van der Waals surface area contributed by atoms with E-state index in [1.807, 2.05) is 36.1 Å². The van der Waals surface area contributed by atoms with Gasteiger partial charge in [-0.05, 0) is 44.7 Å². The van der Waals surface area contributed by atoms with E-state index in [0.29, 0.717) is 24.0 Å². The minimum absolute atomic E-state index is 0.249. The van der Waals surface area contributed by atoms with Crippen molar-refractivity contribution < 1.29 is 9.13 Å². The molecule has 0 aliphatic carbocycles. The zero-order valence-corrected chi connectivity index (χ0v) is 21.0. The van der Waals surface area contributed by atoms with Gasteiger partial charge in [-0.25, -0.2) is 14.4 Å². The first-order chi connectivity index (χ1) is 16.9. The number of hydrogen-bond acceptors (Lipinski definition) is 7. The van der Waals surface area contributed by atoms with Gasteiger partial charge >= 0.3 is 0 Å². The molecule has 0 bridgehead atoms. The lowest BCUT2D eigenvalue weighted by Crippen LogP contribution is -2.43. The summed E-state index contributed by atoms with van der Waals surface area (Å²) >= 11 is 0. The van der Waals surface area contributed by atoms with Crippen LogP contribution in [0.5, 0.6) is 5.75 Å². The number of anilines is 3. The van der Waals surface area contributed by atoms with E-state index in [-0.39, 0.29) is 11.9 Å². The number of ether oxygens (including phenoxy) is 1. The number of benzene rings is 1. The maximum atomic E-state index is 14.9. The van der Waals surface area contributed by atoms with Crippen molar-refractivity contribution >= 4 is 17.5 Å². The summed E-state index contributed by atoms with van der Waals surface area (Å²) in [5.74, 6) is 1.34. The number of imidazole rings is 1. The van der Waals surface area contributed by atoms with Gasteiger partial charge in [-0.1, -0.05) is 6.07 Å². The third-order valence-corrected chi connectivity index (χ3v) is 6.77. The van der Waals surface area contributed by atoms with E-state index in [9.17, 15) is 4.39 Å². The van der Waals surface area contributed by atoms with Gasteiger partial charge in [0.25, 0.3) is 0 Å². The minimum Gasteiger partial charge on any atom is -0.486 e. The standard InChI is InChI=1S/C26H34FN7O/c1-18(2)34-11-12-35-25-21(27)13-20(14-23(25)34)22-17-32(4)26(29-22)30-24-6-5-19(15-28-24)16-33-9-7-31(3)8-10-33/h5-6,13-15,17-18H,7-12,16H2,1-4H3,(H,28,29,30). The monoisotopic (exact) mass is 479 g/mol. The predicted octanol–water partition coefficient (Wildman–Crippen LogP) is 3.72. The van der Waals surface area contributed by atoms with E-state index in [2.05, 4.69) is 52.0 Å². The summed E-state index contributed by atoms with van der Waals surface area (Å²) in [4.78, 5) is 16.3. The highest BCUT2D eigenvalue weighted by molar-refractivity contribution is 5.73. The average Bonchev–Trinajstić information content (AvgIpc) is 3.21. The minimum atomic E-state index is -0.361. The smallest absolute Gasteiger partial charge is 0.208 e. The van der Waals surface area contributed by atoms with Gasteiger partial charge in [0.05, 0.1) is 17.9 Å². The Bertz CT molecular complexity index is 1170. The Hall–Kier alpha value is -3.17. The lowest BCUT2D eigenvalue weighted by molar-refractivity contribution is 0.148. The first kappa shape index (κ1) is 23.6. The summed E-state index contributed by atoms with van der Waals surface area (Å²) < 4.78 is 22.4. The first-order valence-electron chi connectivity index (χ1n) is 12.3. The van der Waals surface area contributed by atoms with Crippen molar-refractivity contribution in [1.29, 1.82) is 0 Å². The lowest BCUT2D eigenvalue weighted by atomic mass is 10.1. The molecule has 0 saturated carbocycles. The van der Waals surface area contributed by atoms with Gasteiger partial charge < -0.3 is 24.4 Å². The summed E-state index contributed by atoms with van der Waals surface area (Å²) in [6.45, 7) is 10.7. The second kappa shape index (κ2) is 9.83. The molecule has 8 nitrogen and oxygen atoms in total. The predicted molar refractivity (Wildman–Crippen MR) is 137 cm³/mol. The molecular weight excluding hydrogens is 445 g/mol. The molecule has 1 N–H and O–H groups in total. The first-order valence-corrected chi connectivity index (χ1v) is 12.3. The van der Waals surface area contributed by atoms with Gasteiger partial charge in [-0.3, -0.25) is 4.90 Å². The van der Waals surface area contributed by atoms with E-state index in [1.54, 1.807) is 0 Å². The van der Waals surface area contributed by atoms with Gasteiger partial charge in [-0.2, -0.15) is 0 Å². The van der Waals surface area contributed by atoms with Crippen LogP contribution in [0.3, 0.4) is 0 Å². The number of aromatic nitrogens is 3. The fourth-order valence-corrected chi connectivity index (χ4v) is 4.68. The fraction of sp³-hybridized carbons (Fsp3) is 0.462. The highest BCUT2D eigenvalue weighted by Gasteiger charge is 2.25. The Morgan fingerprint density at radius 3 is 2.60 bits per heavy atom. The van der Waals surface area contributed by atoms with Crippen molar-refractivity contribution in [3.8, 4) is 17.0 Å². The number of nitrogens with one attached hydrogen (secondary N) is 1. The molecule has 2 aliphatic rings. The Morgan fingerprint density at radius 2 is 1.89 bits per heavy atom. The topological polar surface area (TPSA) is 61.7 Å². The number of nitrogens with zero attached hydrogens (tertiary/aromatic N) is 6. The summed E-state index contributed by atoms with van der Waals surface area (Å²) in [6.07, 6.45) is 3.82. The van der Waals surface area contributed by atoms with Gasteiger partial charge in [0.2, 0.25) is 5.95 Å². The van der Waals surface area contributed by atoms with E-state index in [1.165, 1.54) is 11.6 Å². The molecule has 4 heterocycles. The number of piperazine rings is 1. The van der Waals surface area contributed by atoms with Crippen molar-refractivity contribution in [1.82, 2.24) is 24.3 Å². The zero-order valence-electron chi connectivity index (χ0n) is 21.0. The SMILES string of the molecule is CC(C)N1CCOc2c(F)cc(-c3cn(C)c(Nc4ccc(CN5CCN(C)CC5)cn4)n3)cc21. The molecule has 9 heteroatoms. The third kappa shape index (κ3) is 5.11. The van der Waals surface area contributed by atoms with Crippen LogP contribution in [-0.2, 0) is 13.6 Å². The Morgan fingerprint density at radius 1 is 1.09 bits per heavy atom. The molecule has 0 radical (unpaired) electrons. The molecule has 2 aromatic heterocycles. The number of likely N-dealkylation sites (N-methyl/N-ethyl adjacent to an activating group) is 1. The number of fused-ring (bicyclic) bond motifs is 1. The molecule has 1 fully saturated rings. The van der Waals surface area contributed by atoms with Crippen molar-refractivity contribution in [3.05, 3.63) is 48.0 Å². The molecule has 2 aliphatic heterocycles. The van der Waals surface area contributed by atoms with Crippen LogP contribution in [0.4, 0.5) is 21.8 Å². The molecule has 1 saturated heterocycles. The van der Waals surface area contributed by atoms with E-state index in [4.69, 9.17) is 9.72 Å². The fourth-order valence-electron chi connectivity index (χ4n) is 4.68. The van der Waals surface area contributed by atoms with Crippen molar-refractivity contribution in [2.75, 3.05) is 56.6 Å². The largest absolute Gasteiger partial charge is 0.486 e. The van der Waals surface area contributed by atoms with Crippen LogP contribution in [0.1, 0.15) is 19.4 Å². The summed E-state index contributed by atoms with van der Waals surface area (Å²) in [6, 6.07) is 7.81. The maximum Gasteiger partial charge on any atom is 0.208 e. The summed E-state index contributed by atoms with van der Waals surface area (Å²) in [7, 11) is 4.08. The molecule has 1 aromatic carbocycles. The van der Waals surface area contributed by atoms with Crippen LogP contribution in [0.15, 0.2) is 36.7 Å². The number of hydrogen-bond donors (Lipinski definition) is 1. The zero-order chi connectivity index (χ0) is 24.5. The quantitative estimate of drug-likeness (QED) is 0.578. The van der Waals surface area contributed by atoms with E-state index in [0.717, 1.165) is 56.3 Å². The van der Waals surface area contributed by atoms with Gasteiger partial charge in [-0.15, -0.1) is 0 Å². The molecule has 0 unspecified atom stereocenters. The number of rotatable bonds is 6. The van der Waals surface area contributed by atoms with Crippen LogP contribution >= 0.6 is 0 Å². The molecule has 3 aromatic rings. The molecule has 0 spiro atoms. The molecule has 186 valence electrons. The summed E-state index contributed by atoms with van der Waals surface area (Å²) in [5, 5.41) is 3.29. The summed E-state index contributed by atoms with van der Waals surface area (Å²) in [5.41, 5.74) is 3.38. The van der Waals surface area contributed by atoms with Gasteiger partial charge in [0, 0.05) is 63.8 Å². The van der Waals surface area contributed by atoms with E-state index < -0.39 is 0 Å². The molecule has 35 heavy (non-hydrogen) atoms. The molecule has 0 atom stereocenters. The Labute approximate surface area is 206 Å². The highest BCUT2D eigenvalue weighted by Crippen LogP contribution is 2.39. The van der Waals surface area contributed by atoms with Crippen molar-refractivity contribution in [2.24, 2.45) is 7.05 Å². The normalized spacial score (nSPS) is 16.9. The van der Waals surface area contributed by atoms with Crippen molar-refractivity contribution in [3.63, 3.8) is 0 Å². The Balaban J connectivity index is 1.31. The van der Waals surface area contributed by atoms with Crippen LogP contribution in [-0.4, -0.2) is 76.8 Å². The molecular formula is C26H34FN7O. The molecule has 5 rings (SSSR count).